The molecule has 0 bridgehead atoms. The SMILES string of the molecule is CCCCOCCCN1CC[N]CC1. The molecule has 0 spiro atoms. The first-order valence-electron chi connectivity index (χ1n) is 5.87. The molecule has 0 N–H and O–H groups in total. The third-order valence-electron chi connectivity index (χ3n) is 2.55. The Morgan fingerprint density at radius 3 is 2.57 bits per heavy atom. The fourth-order valence-electron chi connectivity index (χ4n) is 1.61. The number of unbranched alkanes of at least 4 members (excludes halogenated alkanes) is 1. The highest BCUT2D eigenvalue weighted by Gasteiger charge is 2.08. The van der Waals surface area contributed by atoms with Crippen molar-refractivity contribution in [2.75, 3.05) is 45.9 Å². The van der Waals surface area contributed by atoms with Crippen molar-refractivity contribution in [2.45, 2.75) is 26.2 Å². The second-order valence-corrected chi connectivity index (χ2v) is 3.83. The molecule has 83 valence electrons. The van der Waals surface area contributed by atoms with Crippen LogP contribution in [0.1, 0.15) is 26.2 Å². The molecule has 14 heavy (non-hydrogen) atoms. The minimum Gasteiger partial charge on any atom is -0.381 e. The van der Waals surface area contributed by atoms with Crippen LogP contribution in [0.2, 0.25) is 0 Å². The molecule has 1 aliphatic heterocycles. The maximum atomic E-state index is 5.52. The lowest BCUT2D eigenvalue weighted by molar-refractivity contribution is 0.115. The molecule has 0 aromatic heterocycles. The van der Waals surface area contributed by atoms with Gasteiger partial charge in [-0.25, -0.2) is 5.32 Å². The molecule has 0 aromatic carbocycles. The van der Waals surface area contributed by atoms with Gasteiger partial charge in [-0.1, -0.05) is 13.3 Å². The lowest BCUT2D eigenvalue weighted by Crippen LogP contribution is -2.40. The molecule has 1 saturated heterocycles. The van der Waals surface area contributed by atoms with Crippen LogP contribution in [-0.2, 0) is 4.74 Å². The fourth-order valence-corrected chi connectivity index (χ4v) is 1.61. The molecular weight excluding hydrogens is 176 g/mol. The van der Waals surface area contributed by atoms with Crippen LogP contribution in [0.5, 0.6) is 0 Å². The maximum Gasteiger partial charge on any atom is 0.0478 e. The van der Waals surface area contributed by atoms with E-state index >= 15 is 0 Å². The number of rotatable bonds is 7. The smallest absolute Gasteiger partial charge is 0.0478 e. The van der Waals surface area contributed by atoms with Crippen LogP contribution in [0.3, 0.4) is 0 Å². The Balaban J connectivity index is 1.82. The molecule has 3 heteroatoms. The van der Waals surface area contributed by atoms with Gasteiger partial charge < -0.3 is 9.64 Å². The van der Waals surface area contributed by atoms with E-state index in [0.717, 1.165) is 39.4 Å². The van der Waals surface area contributed by atoms with Gasteiger partial charge in [-0.2, -0.15) is 0 Å². The van der Waals surface area contributed by atoms with Crippen LogP contribution in [0.25, 0.3) is 0 Å². The number of nitrogens with zero attached hydrogens (tertiary/aromatic N) is 2. The van der Waals surface area contributed by atoms with E-state index in [4.69, 9.17) is 4.74 Å². The summed E-state index contributed by atoms with van der Waals surface area (Å²) < 4.78 is 5.52. The summed E-state index contributed by atoms with van der Waals surface area (Å²) in [5, 5.41) is 4.32. The van der Waals surface area contributed by atoms with E-state index in [1.165, 1.54) is 25.8 Å². The van der Waals surface area contributed by atoms with E-state index in [1.807, 2.05) is 0 Å². The molecule has 3 nitrogen and oxygen atoms in total. The molecule has 1 aliphatic rings. The van der Waals surface area contributed by atoms with Crippen molar-refractivity contribution >= 4 is 0 Å². The van der Waals surface area contributed by atoms with Gasteiger partial charge in [0.25, 0.3) is 0 Å². The number of hydrogen-bond donors (Lipinski definition) is 0. The summed E-state index contributed by atoms with van der Waals surface area (Å²) in [6, 6.07) is 0. The van der Waals surface area contributed by atoms with Crippen LogP contribution < -0.4 is 5.32 Å². The number of hydrogen-bond acceptors (Lipinski definition) is 2. The zero-order valence-electron chi connectivity index (χ0n) is 9.37. The van der Waals surface area contributed by atoms with Crippen LogP contribution >= 0.6 is 0 Å². The summed E-state index contributed by atoms with van der Waals surface area (Å²) in [6.45, 7) is 9.58. The minimum atomic E-state index is 0.924. The molecule has 0 aromatic rings. The number of piperazine rings is 1. The first kappa shape index (κ1) is 12.0. The molecule has 1 heterocycles. The van der Waals surface area contributed by atoms with Gasteiger partial charge in [-0.15, -0.1) is 0 Å². The van der Waals surface area contributed by atoms with Gasteiger partial charge in [0.15, 0.2) is 0 Å². The van der Waals surface area contributed by atoms with E-state index in [0.29, 0.717) is 0 Å². The van der Waals surface area contributed by atoms with Crippen molar-refractivity contribution < 1.29 is 4.74 Å². The Morgan fingerprint density at radius 1 is 1.14 bits per heavy atom. The molecule has 0 aliphatic carbocycles. The lowest BCUT2D eigenvalue weighted by atomic mass is 10.3. The monoisotopic (exact) mass is 199 g/mol. The molecule has 0 saturated carbocycles. The Morgan fingerprint density at radius 2 is 1.86 bits per heavy atom. The number of ether oxygens (including phenoxy) is 1. The standard InChI is InChI=1S/C11H23N2O/c1-2-3-10-14-11-4-7-13-8-5-12-6-9-13/h2-11H2,1H3. The Kier molecular flexibility index (Phi) is 7.01. The predicted molar refractivity (Wildman–Crippen MR) is 58.7 cm³/mol. The van der Waals surface area contributed by atoms with Crippen molar-refractivity contribution in [1.82, 2.24) is 10.2 Å². The van der Waals surface area contributed by atoms with Gasteiger partial charge in [0.2, 0.25) is 0 Å². The fraction of sp³-hybridized carbons (Fsp3) is 1.00. The first-order chi connectivity index (χ1) is 6.93. The normalized spacial score (nSPS) is 18.6. The predicted octanol–water partition coefficient (Wildman–Crippen LogP) is 1.11. The highest BCUT2D eigenvalue weighted by molar-refractivity contribution is 4.66. The van der Waals surface area contributed by atoms with Crippen molar-refractivity contribution in [3.8, 4) is 0 Å². The summed E-state index contributed by atoms with van der Waals surface area (Å²) in [4.78, 5) is 2.48. The van der Waals surface area contributed by atoms with Crippen molar-refractivity contribution in [2.24, 2.45) is 0 Å². The zero-order chi connectivity index (χ0) is 10.1. The average molecular weight is 199 g/mol. The van der Waals surface area contributed by atoms with E-state index in [2.05, 4.69) is 17.1 Å². The molecule has 0 atom stereocenters. The van der Waals surface area contributed by atoms with E-state index < -0.39 is 0 Å². The summed E-state index contributed by atoms with van der Waals surface area (Å²) in [6.07, 6.45) is 3.60. The zero-order valence-corrected chi connectivity index (χ0v) is 9.37. The van der Waals surface area contributed by atoms with E-state index in [9.17, 15) is 0 Å². The van der Waals surface area contributed by atoms with E-state index in [-0.39, 0.29) is 0 Å². The topological polar surface area (TPSA) is 26.6 Å². The lowest BCUT2D eigenvalue weighted by Gasteiger charge is -2.25. The summed E-state index contributed by atoms with van der Waals surface area (Å²) >= 11 is 0. The van der Waals surface area contributed by atoms with Crippen molar-refractivity contribution in [1.29, 1.82) is 0 Å². The summed E-state index contributed by atoms with van der Waals surface area (Å²) in [5.74, 6) is 0. The molecule has 0 unspecified atom stereocenters. The van der Waals surface area contributed by atoms with Gasteiger partial charge >= 0.3 is 0 Å². The van der Waals surface area contributed by atoms with Gasteiger partial charge in [0, 0.05) is 45.9 Å². The molecule has 1 rings (SSSR count). The average Bonchev–Trinajstić information content (AvgIpc) is 2.25. The first-order valence-corrected chi connectivity index (χ1v) is 5.87. The summed E-state index contributed by atoms with van der Waals surface area (Å²) in [5.41, 5.74) is 0. The van der Waals surface area contributed by atoms with Crippen LogP contribution in [0.15, 0.2) is 0 Å². The Hall–Kier alpha value is -0.120. The molecule has 1 fully saturated rings. The summed E-state index contributed by atoms with van der Waals surface area (Å²) in [7, 11) is 0. The van der Waals surface area contributed by atoms with Crippen molar-refractivity contribution in [3.63, 3.8) is 0 Å². The van der Waals surface area contributed by atoms with Gasteiger partial charge in [0.1, 0.15) is 0 Å². The van der Waals surface area contributed by atoms with Crippen LogP contribution in [0, 0.1) is 0 Å². The van der Waals surface area contributed by atoms with Crippen LogP contribution in [0.4, 0.5) is 0 Å². The second-order valence-electron chi connectivity index (χ2n) is 3.83. The molecular formula is C11H23N2O. The van der Waals surface area contributed by atoms with Gasteiger partial charge in [-0.3, -0.25) is 0 Å². The minimum absolute atomic E-state index is 0.924. The molecule has 0 amide bonds. The maximum absolute atomic E-state index is 5.52. The largest absolute Gasteiger partial charge is 0.381 e. The third kappa shape index (κ3) is 5.58. The Bertz CT molecular complexity index is 124. The second kappa shape index (κ2) is 8.21. The highest BCUT2D eigenvalue weighted by atomic mass is 16.5. The van der Waals surface area contributed by atoms with Crippen molar-refractivity contribution in [3.05, 3.63) is 0 Å². The molecule has 1 radical (unpaired) electrons. The highest BCUT2D eigenvalue weighted by Crippen LogP contribution is 1.96. The van der Waals surface area contributed by atoms with Gasteiger partial charge in [-0.05, 0) is 12.8 Å². The quantitative estimate of drug-likeness (QED) is 0.574. The Labute approximate surface area is 87.8 Å². The van der Waals surface area contributed by atoms with E-state index in [1.54, 1.807) is 0 Å². The van der Waals surface area contributed by atoms with Crippen LogP contribution in [-0.4, -0.2) is 50.8 Å². The van der Waals surface area contributed by atoms with Gasteiger partial charge in [0.05, 0.1) is 0 Å². The third-order valence-corrected chi connectivity index (χ3v) is 2.55.